The Morgan fingerprint density at radius 2 is 1.96 bits per heavy atom. The van der Waals surface area contributed by atoms with E-state index < -0.39 is 6.10 Å². The second-order valence-electron chi connectivity index (χ2n) is 5.44. The van der Waals surface area contributed by atoms with Crippen molar-refractivity contribution in [3.05, 3.63) is 54.1 Å². The van der Waals surface area contributed by atoms with Gasteiger partial charge < -0.3 is 9.72 Å². The number of para-hydroxylation sites is 2. The number of Topliss-reactive ketones (excluding diaryl/α,β-unsaturated/α-hetero) is 1. The van der Waals surface area contributed by atoms with Crippen LogP contribution in [0.15, 0.2) is 48.5 Å². The largest absolute Gasteiger partial charge is 0.481 e. The zero-order valence-corrected chi connectivity index (χ0v) is 13.4. The van der Waals surface area contributed by atoms with Gasteiger partial charge in [-0.3, -0.25) is 14.9 Å². The summed E-state index contributed by atoms with van der Waals surface area (Å²) in [6, 6.07) is 14.2. The molecule has 2 aromatic carbocycles. The molecule has 0 aliphatic rings. The molecule has 1 aromatic heterocycles. The van der Waals surface area contributed by atoms with Gasteiger partial charge in [0.25, 0.3) is 5.91 Å². The summed E-state index contributed by atoms with van der Waals surface area (Å²) in [4.78, 5) is 31.0. The lowest BCUT2D eigenvalue weighted by Crippen LogP contribution is -2.30. The molecule has 1 heterocycles. The number of benzene rings is 2. The van der Waals surface area contributed by atoms with Gasteiger partial charge in [-0.2, -0.15) is 0 Å². The van der Waals surface area contributed by atoms with Crippen LogP contribution >= 0.6 is 0 Å². The Hall–Kier alpha value is -3.15. The van der Waals surface area contributed by atoms with E-state index in [0.29, 0.717) is 17.3 Å². The molecule has 0 aliphatic carbocycles. The second kappa shape index (κ2) is 6.54. The first-order valence-electron chi connectivity index (χ1n) is 7.56. The summed E-state index contributed by atoms with van der Waals surface area (Å²) in [7, 11) is 0. The van der Waals surface area contributed by atoms with Crippen LogP contribution in [-0.4, -0.2) is 27.8 Å². The number of ketones is 1. The molecule has 1 unspecified atom stereocenters. The second-order valence-corrected chi connectivity index (χ2v) is 5.44. The van der Waals surface area contributed by atoms with Gasteiger partial charge in [0.15, 0.2) is 11.9 Å². The van der Waals surface area contributed by atoms with Crippen LogP contribution in [0.25, 0.3) is 11.0 Å². The average Bonchev–Trinajstić information content (AvgIpc) is 2.97. The minimum Gasteiger partial charge on any atom is -0.481 e. The Labute approximate surface area is 138 Å². The van der Waals surface area contributed by atoms with Crippen LogP contribution in [0.4, 0.5) is 5.95 Å². The number of fused-ring (bicyclic) bond motifs is 1. The maximum absolute atomic E-state index is 12.2. The minimum absolute atomic E-state index is 0.0557. The number of imidazole rings is 1. The summed E-state index contributed by atoms with van der Waals surface area (Å²) in [5, 5.41) is 2.69. The molecule has 0 spiro atoms. The summed E-state index contributed by atoms with van der Waals surface area (Å²) in [6.07, 6.45) is -0.736. The number of nitrogens with one attached hydrogen (secondary N) is 2. The van der Waals surface area contributed by atoms with Crippen LogP contribution in [0.2, 0.25) is 0 Å². The number of carbonyl (C=O) groups is 2. The van der Waals surface area contributed by atoms with Gasteiger partial charge in [0, 0.05) is 5.56 Å². The van der Waals surface area contributed by atoms with E-state index in [1.54, 1.807) is 31.2 Å². The topological polar surface area (TPSA) is 84.1 Å². The van der Waals surface area contributed by atoms with Crippen LogP contribution in [0, 0.1) is 0 Å². The minimum atomic E-state index is -0.736. The highest BCUT2D eigenvalue weighted by atomic mass is 16.5. The van der Waals surface area contributed by atoms with E-state index in [2.05, 4.69) is 15.3 Å². The number of hydrogen-bond donors (Lipinski definition) is 2. The van der Waals surface area contributed by atoms with Gasteiger partial charge in [-0.25, -0.2) is 4.98 Å². The van der Waals surface area contributed by atoms with Crippen LogP contribution in [0.1, 0.15) is 24.2 Å². The number of rotatable bonds is 5. The van der Waals surface area contributed by atoms with Crippen molar-refractivity contribution in [2.75, 3.05) is 5.32 Å². The molecule has 1 amide bonds. The Morgan fingerprint density at radius 1 is 1.17 bits per heavy atom. The average molecular weight is 323 g/mol. The lowest BCUT2D eigenvalue weighted by Gasteiger charge is -2.14. The van der Waals surface area contributed by atoms with E-state index >= 15 is 0 Å². The highest BCUT2D eigenvalue weighted by Crippen LogP contribution is 2.17. The lowest BCUT2D eigenvalue weighted by atomic mass is 10.1. The van der Waals surface area contributed by atoms with E-state index in [0.717, 1.165) is 11.0 Å². The Kier molecular flexibility index (Phi) is 4.29. The molecule has 0 saturated carbocycles. The van der Waals surface area contributed by atoms with Crippen molar-refractivity contribution < 1.29 is 14.3 Å². The smallest absolute Gasteiger partial charge is 0.267 e. The third-order valence-electron chi connectivity index (χ3n) is 3.55. The molecule has 0 bridgehead atoms. The molecule has 2 N–H and O–H groups in total. The fourth-order valence-corrected chi connectivity index (χ4v) is 2.28. The van der Waals surface area contributed by atoms with E-state index in [1.165, 1.54) is 6.92 Å². The first-order valence-corrected chi connectivity index (χ1v) is 7.56. The maximum atomic E-state index is 12.2. The molecule has 122 valence electrons. The van der Waals surface area contributed by atoms with Gasteiger partial charge in [-0.15, -0.1) is 0 Å². The van der Waals surface area contributed by atoms with Crippen LogP contribution in [0.3, 0.4) is 0 Å². The van der Waals surface area contributed by atoms with Crippen molar-refractivity contribution in [3.8, 4) is 5.75 Å². The zero-order valence-electron chi connectivity index (χ0n) is 13.4. The number of anilines is 1. The van der Waals surface area contributed by atoms with Gasteiger partial charge in [0.2, 0.25) is 5.95 Å². The van der Waals surface area contributed by atoms with Gasteiger partial charge in [0.1, 0.15) is 5.75 Å². The molecule has 0 fully saturated rings. The number of aromatic amines is 1. The monoisotopic (exact) mass is 323 g/mol. The third kappa shape index (κ3) is 3.43. The molecule has 0 radical (unpaired) electrons. The molecule has 0 saturated heterocycles. The quantitative estimate of drug-likeness (QED) is 0.706. The number of ether oxygens (including phenoxy) is 1. The van der Waals surface area contributed by atoms with Crippen molar-refractivity contribution in [2.24, 2.45) is 0 Å². The first-order chi connectivity index (χ1) is 11.5. The van der Waals surface area contributed by atoms with E-state index in [4.69, 9.17) is 4.74 Å². The van der Waals surface area contributed by atoms with Gasteiger partial charge >= 0.3 is 0 Å². The summed E-state index contributed by atoms with van der Waals surface area (Å²) in [5.74, 6) is 0.450. The Bertz CT molecular complexity index is 868. The van der Waals surface area contributed by atoms with Crippen LogP contribution < -0.4 is 10.1 Å². The molecular formula is C18H17N3O3. The van der Waals surface area contributed by atoms with E-state index in [9.17, 15) is 9.59 Å². The highest BCUT2D eigenvalue weighted by molar-refractivity contribution is 5.95. The van der Waals surface area contributed by atoms with Gasteiger partial charge in [-0.1, -0.05) is 24.3 Å². The predicted molar refractivity (Wildman–Crippen MR) is 91.3 cm³/mol. The maximum Gasteiger partial charge on any atom is 0.267 e. The number of nitrogens with zero attached hydrogens (tertiary/aromatic N) is 1. The summed E-state index contributed by atoms with van der Waals surface area (Å²) in [5.41, 5.74) is 2.16. The molecule has 3 rings (SSSR count). The Balaban J connectivity index is 1.68. The molecule has 3 aromatic rings. The molecule has 6 heteroatoms. The Morgan fingerprint density at radius 3 is 2.71 bits per heavy atom. The summed E-state index contributed by atoms with van der Waals surface area (Å²) < 4.78 is 5.61. The van der Waals surface area contributed by atoms with E-state index in [-0.39, 0.29) is 11.7 Å². The number of carbonyl (C=O) groups excluding carboxylic acids is 2. The predicted octanol–water partition coefficient (Wildman–Crippen LogP) is 3.17. The molecule has 24 heavy (non-hydrogen) atoms. The highest BCUT2D eigenvalue weighted by Gasteiger charge is 2.17. The number of H-pyrrole nitrogens is 1. The SMILES string of the molecule is CC(=O)c1cccc(OC(C)C(=O)Nc2nc3ccccc3[nH]2)c1. The van der Waals surface area contributed by atoms with Crippen LogP contribution in [-0.2, 0) is 4.79 Å². The van der Waals surface area contributed by atoms with Crippen LogP contribution in [0.5, 0.6) is 5.75 Å². The molecule has 0 aliphatic heterocycles. The molecular weight excluding hydrogens is 306 g/mol. The molecule has 6 nitrogen and oxygen atoms in total. The van der Waals surface area contributed by atoms with Crippen molar-refractivity contribution in [1.82, 2.24) is 9.97 Å². The fraction of sp³-hybridized carbons (Fsp3) is 0.167. The van der Waals surface area contributed by atoms with E-state index in [1.807, 2.05) is 24.3 Å². The number of aromatic nitrogens is 2. The van der Waals surface area contributed by atoms with Crippen molar-refractivity contribution in [1.29, 1.82) is 0 Å². The van der Waals surface area contributed by atoms with Crippen molar-refractivity contribution >= 4 is 28.7 Å². The third-order valence-corrected chi connectivity index (χ3v) is 3.55. The van der Waals surface area contributed by atoms with Gasteiger partial charge in [-0.05, 0) is 38.1 Å². The van der Waals surface area contributed by atoms with Gasteiger partial charge in [0.05, 0.1) is 11.0 Å². The fourth-order valence-electron chi connectivity index (χ4n) is 2.28. The standard InChI is InChI=1S/C18H17N3O3/c1-11(22)13-6-5-7-14(10-13)24-12(2)17(23)21-18-19-15-8-3-4-9-16(15)20-18/h3-10,12H,1-2H3,(H2,19,20,21,23). The summed E-state index contributed by atoms with van der Waals surface area (Å²) in [6.45, 7) is 3.12. The number of amides is 1. The zero-order chi connectivity index (χ0) is 17.1. The van der Waals surface area contributed by atoms with Crippen molar-refractivity contribution in [3.63, 3.8) is 0 Å². The molecule has 1 atom stereocenters. The lowest BCUT2D eigenvalue weighted by molar-refractivity contribution is -0.122. The summed E-state index contributed by atoms with van der Waals surface area (Å²) >= 11 is 0. The number of hydrogen-bond acceptors (Lipinski definition) is 4. The normalized spacial score (nSPS) is 11.9. The first kappa shape index (κ1) is 15.7. The van der Waals surface area contributed by atoms with Crippen molar-refractivity contribution in [2.45, 2.75) is 20.0 Å².